The average Bonchev–Trinajstić information content (AvgIpc) is 2.99. The number of aryl methyl sites for hydroxylation is 1. The molecule has 0 bridgehead atoms. The minimum atomic E-state index is -0.729. The maximum Gasteiger partial charge on any atom is 0.330 e. The molecular formula is C32H31Cl2N7O5. The molecule has 5 heterocycles. The van der Waals surface area contributed by atoms with E-state index in [4.69, 9.17) is 32.9 Å². The lowest BCUT2D eigenvalue weighted by molar-refractivity contribution is -0.157. The Morgan fingerprint density at radius 2 is 1.74 bits per heavy atom. The van der Waals surface area contributed by atoms with Crippen LogP contribution in [0.3, 0.4) is 0 Å². The Morgan fingerprint density at radius 3 is 2.43 bits per heavy atom. The van der Waals surface area contributed by atoms with Crippen molar-refractivity contribution in [1.29, 1.82) is 0 Å². The van der Waals surface area contributed by atoms with E-state index in [9.17, 15) is 19.2 Å². The molecule has 1 spiro atoms. The number of carbonyl (C=O) groups is 2. The smallest absolute Gasteiger partial charge is 0.330 e. The van der Waals surface area contributed by atoms with Crippen molar-refractivity contribution in [2.45, 2.75) is 13.5 Å². The monoisotopic (exact) mass is 663 g/mol. The summed E-state index contributed by atoms with van der Waals surface area (Å²) in [5, 5.41) is 3.12. The SMILES string of the molecule is COc1nc(-c2ccnc(-c3cccc(NC(=O)c4cn(C)c(=O)n(C)c4=O)c3Cl)c2Cl)ccc1CN1CC2(C1)CN(C(C)=O)C2. The van der Waals surface area contributed by atoms with Gasteiger partial charge >= 0.3 is 5.69 Å². The minimum absolute atomic E-state index is 0.122. The lowest BCUT2D eigenvalue weighted by Crippen LogP contribution is -2.72. The van der Waals surface area contributed by atoms with Crippen molar-refractivity contribution in [3.8, 4) is 28.4 Å². The van der Waals surface area contributed by atoms with Crippen molar-refractivity contribution in [2.75, 3.05) is 38.6 Å². The highest BCUT2D eigenvalue weighted by Crippen LogP contribution is 2.42. The molecule has 3 aromatic heterocycles. The third-order valence-corrected chi connectivity index (χ3v) is 9.29. The summed E-state index contributed by atoms with van der Waals surface area (Å²) in [4.78, 5) is 62.7. The number of methoxy groups -OCH3 is 1. The van der Waals surface area contributed by atoms with Gasteiger partial charge in [0.15, 0.2) is 0 Å². The van der Waals surface area contributed by atoms with Crippen LogP contribution >= 0.6 is 23.2 Å². The van der Waals surface area contributed by atoms with E-state index < -0.39 is 17.2 Å². The van der Waals surface area contributed by atoms with Gasteiger partial charge in [0.1, 0.15) is 5.56 Å². The second-order valence-electron chi connectivity index (χ2n) is 11.8. The molecule has 2 fully saturated rings. The van der Waals surface area contributed by atoms with Crippen LogP contribution in [0, 0.1) is 5.41 Å². The summed E-state index contributed by atoms with van der Waals surface area (Å²) in [5.41, 5.74) is 1.89. The molecule has 0 saturated carbocycles. The third-order valence-electron chi connectivity index (χ3n) is 8.50. The van der Waals surface area contributed by atoms with E-state index in [1.165, 1.54) is 20.3 Å². The zero-order chi connectivity index (χ0) is 32.9. The number of halogens is 2. The van der Waals surface area contributed by atoms with Crippen molar-refractivity contribution in [3.63, 3.8) is 0 Å². The lowest BCUT2D eigenvalue weighted by Gasteiger charge is -2.60. The molecule has 238 valence electrons. The Bertz CT molecular complexity index is 2010. The van der Waals surface area contributed by atoms with E-state index in [2.05, 4.69) is 15.2 Å². The molecule has 0 aliphatic carbocycles. The van der Waals surface area contributed by atoms with E-state index in [1.807, 2.05) is 17.0 Å². The van der Waals surface area contributed by atoms with Crippen LogP contribution in [0.1, 0.15) is 22.8 Å². The van der Waals surface area contributed by atoms with E-state index in [0.29, 0.717) is 40.0 Å². The van der Waals surface area contributed by atoms with Crippen molar-refractivity contribution in [1.82, 2.24) is 28.9 Å². The summed E-state index contributed by atoms with van der Waals surface area (Å²) >= 11 is 13.7. The maximum atomic E-state index is 13.0. The normalized spacial score (nSPS) is 15.3. The molecule has 14 heteroatoms. The molecule has 6 rings (SSSR count). The number of nitrogens with one attached hydrogen (secondary N) is 1. The molecule has 0 radical (unpaired) electrons. The van der Waals surface area contributed by atoms with Gasteiger partial charge < -0.3 is 19.5 Å². The first-order chi connectivity index (χ1) is 21.9. The van der Waals surface area contributed by atoms with E-state index in [0.717, 1.165) is 40.9 Å². The predicted molar refractivity (Wildman–Crippen MR) is 174 cm³/mol. The second-order valence-corrected chi connectivity index (χ2v) is 12.6. The van der Waals surface area contributed by atoms with E-state index in [-0.39, 0.29) is 27.6 Å². The Kier molecular flexibility index (Phi) is 8.21. The quantitative estimate of drug-likeness (QED) is 0.318. The lowest BCUT2D eigenvalue weighted by atomic mass is 9.72. The molecule has 2 aliphatic rings. The number of likely N-dealkylation sites (tertiary alicyclic amines) is 2. The van der Waals surface area contributed by atoms with Gasteiger partial charge in [0, 0.05) is 88.2 Å². The highest BCUT2D eigenvalue weighted by molar-refractivity contribution is 6.39. The Morgan fingerprint density at radius 1 is 1.00 bits per heavy atom. The van der Waals surface area contributed by atoms with Crippen LogP contribution in [0.25, 0.3) is 22.5 Å². The summed E-state index contributed by atoms with van der Waals surface area (Å²) in [6.07, 6.45) is 2.78. The molecule has 2 aliphatic heterocycles. The highest BCUT2D eigenvalue weighted by atomic mass is 35.5. The van der Waals surface area contributed by atoms with Crippen molar-refractivity contribution in [2.24, 2.45) is 19.5 Å². The van der Waals surface area contributed by atoms with E-state index >= 15 is 0 Å². The van der Waals surface area contributed by atoms with E-state index in [1.54, 1.807) is 44.5 Å². The van der Waals surface area contributed by atoms with Gasteiger partial charge in [-0.05, 0) is 18.2 Å². The molecule has 1 N–H and O–H groups in total. The number of nitrogens with zero attached hydrogens (tertiary/aromatic N) is 6. The van der Waals surface area contributed by atoms with Gasteiger partial charge in [-0.3, -0.25) is 28.8 Å². The number of benzene rings is 1. The van der Waals surface area contributed by atoms with Gasteiger partial charge in [-0.1, -0.05) is 41.4 Å². The molecule has 0 atom stereocenters. The zero-order valence-corrected chi connectivity index (χ0v) is 27.1. The maximum absolute atomic E-state index is 13.0. The average molecular weight is 665 g/mol. The van der Waals surface area contributed by atoms with Crippen LogP contribution in [0.2, 0.25) is 10.0 Å². The first kappa shape index (κ1) is 31.5. The number of amides is 2. The van der Waals surface area contributed by atoms with Crippen molar-refractivity contribution < 1.29 is 14.3 Å². The first-order valence-electron chi connectivity index (χ1n) is 14.4. The van der Waals surface area contributed by atoms with Gasteiger partial charge in [-0.25, -0.2) is 9.78 Å². The van der Waals surface area contributed by atoms with Gasteiger partial charge in [0.25, 0.3) is 11.5 Å². The largest absolute Gasteiger partial charge is 0.481 e. The number of anilines is 1. The third kappa shape index (κ3) is 5.57. The first-order valence-corrected chi connectivity index (χ1v) is 15.2. The Hall–Kier alpha value is -4.52. The van der Waals surface area contributed by atoms with Gasteiger partial charge in [0.05, 0.1) is 34.2 Å². The molecule has 46 heavy (non-hydrogen) atoms. The van der Waals surface area contributed by atoms with Crippen LogP contribution in [0.5, 0.6) is 5.88 Å². The summed E-state index contributed by atoms with van der Waals surface area (Å²) in [6.45, 7) is 5.74. The minimum Gasteiger partial charge on any atom is -0.481 e. The molecule has 4 aromatic rings. The summed E-state index contributed by atoms with van der Waals surface area (Å²) in [5.74, 6) is -0.116. The number of hydrogen-bond acceptors (Lipinski definition) is 8. The van der Waals surface area contributed by atoms with Crippen LogP contribution in [-0.2, 0) is 25.4 Å². The number of aromatic nitrogens is 4. The summed E-state index contributed by atoms with van der Waals surface area (Å²) in [7, 11) is 4.33. The molecule has 0 unspecified atom stereocenters. The number of rotatable bonds is 7. The molecule has 2 saturated heterocycles. The number of hydrogen-bond donors (Lipinski definition) is 1. The second kappa shape index (κ2) is 12.0. The highest BCUT2D eigenvalue weighted by Gasteiger charge is 2.52. The molecule has 2 amide bonds. The topological polar surface area (TPSA) is 132 Å². The van der Waals surface area contributed by atoms with Crippen LogP contribution in [0.4, 0.5) is 5.69 Å². The van der Waals surface area contributed by atoms with Crippen LogP contribution < -0.4 is 21.3 Å². The standard InChI is InChI=1S/C32H31Cl2N7O5/c1-18(42)41-16-32(17-41)14-40(15-32)12-19-8-9-23(37-29(19)46-4)20-10-11-35-27(26(20)34)21-6-5-7-24(25(21)33)36-28(43)22-13-38(2)31(45)39(3)30(22)44/h5-11,13H,12,14-17H2,1-4H3,(H,36,43). The predicted octanol–water partition coefficient (Wildman–Crippen LogP) is 3.44. The number of carbonyl (C=O) groups excluding carboxylic acids is 2. The van der Waals surface area contributed by atoms with Gasteiger partial charge in [-0.2, -0.15) is 0 Å². The van der Waals surface area contributed by atoms with Gasteiger partial charge in [0.2, 0.25) is 11.8 Å². The zero-order valence-electron chi connectivity index (χ0n) is 25.6. The molecule has 1 aromatic carbocycles. The van der Waals surface area contributed by atoms with Crippen LogP contribution in [0.15, 0.2) is 58.4 Å². The van der Waals surface area contributed by atoms with Gasteiger partial charge in [-0.15, -0.1) is 0 Å². The molecular weight excluding hydrogens is 633 g/mol. The van der Waals surface area contributed by atoms with Crippen LogP contribution in [-0.4, -0.2) is 74.0 Å². The molecule has 12 nitrogen and oxygen atoms in total. The summed E-state index contributed by atoms with van der Waals surface area (Å²) in [6, 6.07) is 10.6. The van der Waals surface area contributed by atoms with Crippen molar-refractivity contribution >= 4 is 40.7 Å². The summed E-state index contributed by atoms with van der Waals surface area (Å²) < 4.78 is 7.67. The fourth-order valence-corrected chi connectivity index (χ4v) is 6.73. The number of ether oxygens (including phenoxy) is 1. The number of pyridine rings is 2. The fraction of sp³-hybridized carbons (Fsp3) is 0.312. The fourth-order valence-electron chi connectivity index (χ4n) is 6.15. The Labute approximate surface area is 274 Å². The Balaban J connectivity index is 1.23. The van der Waals surface area contributed by atoms with Crippen molar-refractivity contribution in [3.05, 3.63) is 90.8 Å².